The van der Waals surface area contributed by atoms with Gasteiger partial charge in [-0.2, -0.15) is 16.2 Å². The van der Waals surface area contributed by atoms with Crippen molar-refractivity contribution < 1.29 is 4.47 Å². The van der Waals surface area contributed by atoms with Gasteiger partial charge in [0.25, 0.3) is 0 Å². The van der Waals surface area contributed by atoms with E-state index in [0.717, 1.165) is 0 Å². The molecular weight excluding hydrogens is 157 g/mol. The summed E-state index contributed by atoms with van der Waals surface area (Å²) < 4.78 is 0.0179. The SMILES string of the molecule is C[N+](N)(N)Pc1ccccc1. The van der Waals surface area contributed by atoms with Crippen molar-refractivity contribution >= 4 is 14.0 Å². The van der Waals surface area contributed by atoms with Crippen LogP contribution < -0.4 is 17.0 Å². The first-order valence-electron chi connectivity index (χ1n) is 3.35. The first-order valence-corrected chi connectivity index (χ1v) is 4.30. The lowest BCUT2D eigenvalue weighted by atomic mass is 10.4. The highest BCUT2D eigenvalue weighted by molar-refractivity contribution is 7.40. The van der Waals surface area contributed by atoms with Gasteiger partial charge in [0.15, 0.2) is 8.73 Å². The van der Waals surface area contributed by atoms with Crippen molar-refractivity contribution in [1.82, 2.24) is 0 Å². The van der Waals surface area contributed by atoms with Crippen molar-refractivity contribution in [3.05, 3.63) is 30.3 Å². The Morgan fingerprint density at radius 3 is 2.18 bits per heavy atom. The molecular formula is C7H13N3P+. The molecule has 1 aromatic rings. The van der Waals surface area contributed by atoms with E-state index in [1.54, 1.807) is 7.05 Å². The molecule has 0 aliphatic heterocycles. The molecule has 3 nitrogen and oxygen atoms in total. The Hall–Kier alpha value is -0.470. The molecule has 1 rings (SSSR count). The van der Waals surface area contributed by atoms with Gasteiger partial charge in [0, 0.05) is 5.30 Å². The molecule has 0 saturated carbocycles. The summed E-state index contributed by atoms with van der Waals surface area (Å²) in [4.78, 5) is 0. The molecule has 60 valence electrons. The molecule has 0 aliphatic rings. The van der Waals surface area contributed by atoms with Crippen LogP contribution >= 0.6 is 8.73 Å². The Morgan fingerprint density at radius 1 is 1.18 bits per heavy atom. The van der Waals surface area contributed by atoms with Crippen molar-refractivity contribution in [2.45, 2.75) is 0 Å². The van der Waals surface area contributed by atoms with Gasteiger partial charge in [0.1, 0.15) is 7.05 Å². The molecule has 11 heavy (non-hydrogen) atoms. The van der Waals surface area contributed by atoms with Crippen molar-refractivity contribution in [2.75, 3.05) is 7.05 Å². The van der Waals surface area contributed by atoms with E-state index in [2.05, 4.69) is 0 Å². The number of nitrogens with zero attached hydrogens (tertiary/aromatic N) is 1. The number of hydrogen-bond donors (Lipinski definition) is 2. The van der Waals surface area contributed by atoms with E-state index in [9.17, 15) is 0 Å². The average molecular weight is 170 g/mol. The zero-order valence-electron chi connectivity index (χ0n) is 6.49. The van der Waals surface area contributed by atoms with E-state index in [1.807, 2.05) is 30.3 Å². The Kier molecular flexibility index (Phi) is 2.58. The molecule has 0 bridgehead atoms. The van der Waals surface area contributed by atoms with Crippen LogP contribution in [0.3, 0.4) is 0 Å². The van der Waals surface area contributed by atoms with Gasteiger partial charge >= 0.3 is 0 Å². The number of rotatable bonds is 2. The van der Waals surface area contributed by atoms with Crippen LogP contribution in [0.4, 0.5) is 0 Å². The Morgan fingerprint density at radius 2 is 1.73 bits per heavy atom. The third-order valence-electron chi connectivity index (χ3n) is 1.14. The Balaban J connectivity index is 2.66. The summed E-state index contributed by atoms with van der Waals surface area (Å²) in [6.07, 6.45) is 0. The molecule has 0 aromatic heterocycles. The molecule has 0 aliphatic carbocycles. The molecule has 0 heterocycles. The lowest BCUT2D eigenvalue weighted by Gasteiger charge is -2.19. The monoisotopic (exact) mass is 170 g/mol. The van der Waals surface area contributed by atoms with E-state index in [-0.39, 0.29) is 4.47 Å². The van der Waals surface area contributed by atoms with Gasteiger partial charge in [0.05, 0.1) is 0 Å². The van der Waals surface area contributed by atoms with Crippen molar-refractivity contribution in [1.29, 1.82) is 0 Å². The average Bonchev–Trinajstić information content (AvgIpc) is 1.85. The van der Waals surface area contributed by atoms with Crippen LogP contribution in [-0.2, 0) is 0 Å². The maximum atomic E-state index is 5.60. The second-order valence-corrected chi connectivity index (χ2v) is 4.39. The minimum absolute atomic E-state index is 0.0179. The summed E-state index contributed by atoms with van der Waals surface area (Å²) in [7, 11) is 2.18. The molecule has 1 atom stereocenters. The summed E-state index contributed by atoms with van der Waals surface area (Å²) in [5, 5.41) is 1.18. The summed E-state index contributed by atoms with van der Waals surface area (Å²) in [5.41, 5.74) is 0. The molecule has 1 aromatic carbocycles. The minimum Gasteiger partial charge on any atom is -0.163 e. The van der Waals surface area contributed by atoms with Crippen LogP contribution in [0.1, 0.15) is 0 Å². The minimum atomic E-state index is 0.0179. The van der Waals surface area contributed by atoms with Gasteiger partial charge in [-0.05, 0) is 12.1 Å². The van der Waals surface area contributed by atoms with Crippen LogP contribution in [0.15, 0.2) is 30.3 Å². The van der Waals surface area contributed by atoms with Crippen molar-refractivity contribution in [2.24, 2.45) is 11.7 Å². The standard InChI is InChI=1S/C7H13N3P/c1-10(8,9)11-7-5-3-2-4-6-7/h2-6,11H,8-9H2,1H3/q+1. The fraction of sp³-hybridized carbons (Fsp3) is 0.143. The van der Waals surface area contributed by atoms with E-state index < -0.39 is 0 Å². The smallest absolute Gasteiger partial charge is 0.161 e. The number of benzene rings is 1. The highest BCUT2D eigenvalue weighted by Crippen LogP contribution is 2.14. The normalized spacial score (nSPS) is 12.6. The topological polar surface area (TPSA) is 52.0 Å². The van der Waals surface area contributed by atoms with E-state index >= 15 is 0 Å². The van der Waals surface area contributed by atoms with Crippen LogP contribution in [-0.4, -0.2) is 11.5 Å². The zero-order chi connectivity index (χ0) is 8.32. The number of quaternary nitrogens is 1. The lowest BCUT2D eigenvalue weighted by molar-refractivity contribution is -0.805. The van der Waals surface area contributed by atoms with Crippen LogP contribution in [0.5, 0.6) is 0 Å². The Bertz CT molecular complexity index is 217. The highest BCUT2D eigenvalue weighted by Gasteiger charge is 2.10. The van der Waals surface area contributed by atoms with Gasteiger partial charge < -0.3 is 0 Å². The molecule has 4 heteroatoms. The largest absolute Gasteiger partial charge is 0.163 e. The molecule has 1 unspecified atom stereocenters. The van der Waals surface area contributed by atoms with Gasteiger partial charge in [-0.1, -0.05) is 18.2 Å². The first-order chi connectivity index (χ1) is 5.08. The second-order valence-electron chi connectivity index (χ2n) is 2.63. The fourth-order valence-electron chi connectivity index (χ4n) is 0.791. The van der Waals surface area contributed by atoms with Crippen molar-refractivity contribution in [3.8, 4) is 0 Å². The molecule has 0 spiro atoms. The molecule has 0 saturated heterocycles. The van der Waals surface area contributed by atoms with Crippen LogP contribution in [0.25, 0.3) is 0 Å². The number of hydrogen-bond acceptors (Lipinski definition) is 2. The summed E-state index contributed by atoms with van der Waals surface area (Å²) in [6.45, 7) is 0. The maximum absolute atomic E-state index is 5.60. The molecule has 0 amide bonds. The predicted molar refractivity (Wildman–Crippen MR) is 49.0 cm³/mol. The number of nitrogens with two attached hydrogens (primary N) is 2. The molecule has 4 N–H and O–H groups in total. The van der Waals surface area contributed by atoms with Gasteiger partial charge in [0.2, 0.25) is 0 Å². The van der Waals surface area contributed by atoms with Crippen molar-refractivity contribution in [3.63, 3.8) is 0 Å². The highest BCUT2D eigenvalue weighted by atomic mass is 31.1. The van der Waals surface area contributed by atoms with Gasteiger partial charge in [-0.15, -0.1) is 0 Å². The van der Waals surface area contributed by atoms with E-state index in [4.69, 9.17) is 11.7 Å². The predicted octanol–water partition coefficient (Wildman–Crippen LogP) is 0.0994. The summed E-state index contributed by atoms with van der Waals surface area (Å²) >= 11 is 0. The first kappa shape index (κ1) is 8.62. The maximum Gasteiger partial charge on any atom is 0.161 e. The van der Waals surface area contributed by atoms with Gasteiger partial charge in [-0.3, -0.25) is 0 Å². The quantitative estimate of drug-likeness (QED) is 0.375. The van der Waals surface area contributed by atoms with Gasteiger partial charge in [-0.25, -0.2) is 0 Å². The van der Waals surface area contributed by atoms with E-state index in [1.165, 1.54) is 5.30 Å². The van der Waals surface area contributed by atoms with E-state index in [0.29, 0.717) is 8.73 Å². The molecule has 0 radical (unpaired) electrons. The summed E-state index contributed by atoms with van der Waals surface area (Å²) in [5.74, 6) is 11.2. The summed E-state index contributed by atoms with van der Waals surface area (Å²) in [6, 6.07) is 9.99. The zero-order valence-corrected chi connectivity index (χ0v) is 7.49. The second kappa shape index (κ2) is 3.28. The third kappa shape index (κ3) is 3.44. The lowest BCUT2D eigenvalue weighted by Crippen LogP contribution is -2.50. The fourth-order valence-corrected chi connectivity index (χ4v) is 1.69. The third-order valence-corrected chi connectivity index (χ3v) is 2.22. The van der Waals surface area contributed by atoms with Crippen LogP contribution in [0, 0.1) is 0 Å². The van der Waals surface area contributed by atoms with Crippen LogP contribution in [0.2, 0.25) is 0 Å². The molecule has 0 fully saturated rings. The Labute approximate surface area is 68.4 Å².